The summed E-state index contributed by atoms with van der Waals surface area (Å²) in [6.07, 6.45) is 2.63. The average molecular weight is 274 g/mol. The summed E-state index contributed by atoms with van der Waals surface area (Å²) in [4.78, 5) is 15.5. The van der Waals surface area contributed by atoms with Gasteiger partial charge in [0.25, 0.3) is 5.91 Å². The van der Waals surface area contributed by atoms with E-state index in [2.05, 4.69) is 32.9 Å². The normalized spacial score (nSPS) is 15.2. The van der Waals surface area contributed by atoms with Crippen LogP contribution in [0, 0.1) is 3.57 Å². The quantitative estimate of drug-likeness (QED) is 0.716. The Hall–Kier alpha value is -0.650. The minimum atomic E-state index is 0.00210. The van der Waals surface area contributed by atoms with Crippen LogP contribution in [0.25, 0.3) is 0 Å². The lowest BCUT2D eigenvalue weighted by Crippen LogP contribution is -2.32. The third kappa shape index (κ3) is 1.31. The van der Waals surface area contributed by atoms with Gasteiger partial charge in [0.2, 0.25) is 0 Å². The number of rotatable bonds is 0. The van der Waals surface area contributed by atoms with Crippen LogP contribution in [0.4, 0.5) is 0 Å². The zero-order chi connectivity index (χ0) is 8.55. The highest BCUT2D eigenvalue weighted by atomic mass is 127. The molecular weight excluding hydrogens is 267 g/mol. The molecule has 62 valence electrons. The monoisotopic (exact) mass is 274 g/mol. The summed E-state index contributed by atoms with van der Waals surface area (Å²) < 4.78 is 1.00. The van der Waals surface area contributed by atoms with E-state index >= 15 is 0 Å². The molecule has 1 aromatic rings. The number of halogens is 1. The summed E-state index contributed by atoms with van der Waals surface area (Å²) >= 11 is 2.15. The molecule has 0 atom stereocenters. The van der Waals surface area contributed by atoms with Gasteiger partial charge in [-0.25, -0.2) is 0 Å². The van der Waals surface area contributed by atoms with Crippen LogP contribution in [0.1, 0.15) is 16.1 Å². The lowest BCUT2D eigenvalue weighted by molar-refractivity contribution is 0.0945. The van der Waals surface area contributed by atoms with Gasteiger partial charge in [0, 0.05) is 22.7 Å². The number of amides is 1. The Bertz CT molecular complexity index is 338. The molecule has 0 saturated heterocycles. The van der Waals surface area contributed by atoms with E-state index < -0.39 is 0 Å². The van der Waals surface area contributed by atoms with E-state index in [1.165, 1.54) is 0 Å². The fraction of sp³-hybridized carbons (Fsp3) is 0.250. The molecule has 0 aliphatic carbocycles. The summed E-state index contributed by atoms with van der Waals surface area (Å²) in [6.45, 7) is 0.708. The SMILES string of the molecule is O=C1NCCc2ncc(I)cc21. The fourth-order valence-electron chi connectivity index (χ4n) is 1.25. The predicted molar refractivity (Wildman–Crippen MR) is 53.0 cm³/mol. The second-order valence-corrected chi connectivity index (χ2v) is 3.90. The first kappa shape index (κ1) is 7.97. The first-order chi connectivity index (χ1) is 5.77. The smallest absolute Gasteiger partial charge is 0.253 e. The Labute approximate surface area is 83.7 Å². The van der Waals surface area contributed by atoms with Crippen LogP contribution in [0.2, 0.25) is 0 Å². The van der Waals surface area contributed by atoms with Gasteiger partial charge >= 0.3 is 0 Å². The van der Waals surface area contributed by atoms with E-state index in [0.29, 0.717) is 6.54 Å². The van der Waals surface area contributed by atoms with Gasteiger partial charge in [-0.2, -0.15) is 0 Å². The van der Waals surface area contributed by atoms with E-state index in [1.54, 1.807) is 6.20 Å². The highest BCUT2D eigenvalue weighted by Crippen LogP contribution is 2.13. The van der Waals surface area contributed by atoms with Gasteiger partial charge < -0.3 is 5.32 Å². The van der Waals surface area contributed by atoms with Crippen molar-refractivity contribution in [2.45, 2.75) is 6.42 Å². The molecular formula is C8H7IN2O. The first-order valence-electron chi connectivity index (χ1n) is 3.70. The summed E-state index contributed by atoms with van der Waals surface area (Å²) in [7, 11) is 0. The number of carbonyl (C=O) groups is 1. The Morgan fingerprint density at radius 1 is 1.58 bits per heavy atom. The van der Waals surface area contributed by atoms with Crippen molar-refractivity contribution in [1.82, 2.24) is 10.3 Å². The second-order valence-electron chi connectivity index (χ2n) is 2.65. The number of aromatic nitrogens is 1. The van der Waals surface area contributed by atoms with E-state index in [0.717, 1.165) is 21.2 Å². The molecule has 1 aromatic heterocycles. The van der Waals surface area contributed by atoms with Crippen molar-refractivity contribution in [2.75, 3.05) is 6.54 Å². The number of pyridine rings is 1. The molecule has 0 spiro atoms. The Morgan fingerprint density at radius 3 is 3.25 bits per heavy atom. The van der Waals surface area contributed by atoms with Crippen LogP contribution in [-0.2, 0) is 6.42 Å². The minimum absolute atomic E-state index is 0.00210. The molecule has 1 aliphatic rings. The summed E-state index contributed by atoms with van der Waals surface area (Å²) in [5.74, 6) is 0.00210. The van der Waals surface area contributed by atoms with E-state index in [9.17, 15) is 4.79 Å². The van der Waals surface area contributed by atoms with Crippen molar-refractivity contribution in [3.8, 4) is 0 Å². The van der Waals surface area contributed by atoms with E-state index in [4.69, 9.17) is 0 Å². The maximum absolute atomic E-state index is 11.3. The summed E-state index contributed by atoms with van der Waals surface area (Å²) in [5, 5.41) is 2.78. The van der Waals surface area contributed by atoms with Crippen LogP contribution >= 0.6 is 22.6 Å². The third-order valence-electron chi connectivity index (χ3n) is 1.83. The number of carbonyl (C=O) groups excluding carboxylic acids is 1. The van der Waals surface area contributed by atoms with Crippen LogP contribution < -0.4 is 5.32 Å². The van der Waals surface area contributed by atoms with Crippen LogP contribution in [0.5, 0.6) is 0 Å². The molecule has 0 radical (unpaired) electrons. The van der Waals surface area contributed by atoms with Crippen molar-refractivity contribution in [3.63, 3.8) is 0 Å². The number of hydrogen-bond donors (Lipinski definition) is 1. The highest BCUT2D eigenvalue weighted by molar-refractivity contribution is 14.1. The van der Waals surface area contributed by atoms with Gasteiger partial charge in [0.15, 0.2) is 0 Å². The van der Waals surface area contributed by atoms with Crippen molar-refractivity contribution in [3.05, 3.63) is 27.1 Å². The molecule has 12 heavy (non-hydrogen) atoms. The van der Waals surface area contributed by atoms with Gasteiger partial charge in [0.1, 0.15) is 0 Å². The Balaban J connectivity index is 2.54. The lowest BCUT2D eigenvalue weighted by Gasteiger charge is -2.14. The molecule has 1 N–H and O–H groups in total. The molecule has 3 nitrogen and oxygen atoms in total. The number of fused-ring (bicyclic) bond motifs is 1. The molecule has 1 aliphatic heterocycles. The average Bonchev–Trinajstić information content (AvgIpc) is 2.07. The minimum Gasteiger partial charge on any atom is -0.352 e. The van der Waals surface area contributed by atoms with Crippen molar-refractivity contribution < 1.29 is 4.79 Å². The van der Waals surface area contributed by atoms with Crippen LogP contribution in [0.3, 0.4) is 0 Å². The van der Waals surface area contributed by atoms with Gasteiger partial charge in [-0.15, -0.1) is 0 Å². The molecule has 0 fully saturated rings. The molecule has 2 rings (SSSR count). The summed E-state index contributed by atoms with van der Waals surface area (Å²) in [6, 6.07) is 1.87. The highest BCUT2D eigenvalue weighted by Gasteiger charge is 2.17. The van der Waals surface area contributed by atoms with Gasteiger partial charge in [-0.1, -0.05) is 0 Å². The first-order valence-corrected chi connectivity index (χ1v) is 4.78. The Kier molecular flexibility index (Phi) is 2.00. The second kappa shape index (κ2) is 3.01. The third-order valence-corrected chi connectivity index (χ3v) is 2.42. The van der Waals surface area contributed by atoms with Crippen molar-refractivity contribution in [1.29, 1.82) is 0 Å². The molecule has 0 saturated carbocycles. The van der Waals surface area contributed by atoms with Crippen molar-refractivity contribution in [2.24, 2.45) is 0 Å². The lowest BCUT2D eigenvalue weighted by atomic mass is 10.1. The number of nitrogens with one attached hydrogen (secondary N) is 1. The van der Waals surface area contributed by atoms with Crippen molar-refractivity contribution >= 4 is 28.5 Å². The van der Waals surface area contributed by atoms with Crippen LogP contribution in [-0.4, -0.2) is 17.4 Å². The van der Waals surface area contributed by atoms with E-state index in [-0.39, 0.29) is 5.91 Å². The molecule has 2 heterocycles. The maximum atomic E-state index is 11.3. The predicted octanol–water partition coefficient (Wildman–Crippen LogP) is 0.972. The number of hydrogen-bond acceptors (Lipinski definition) is 2. The summed E-state index contributed by atoms with van der Waals surface area (Å²) in [5.41, 5.74) is 1.65. The zero-order valence-corrected chi connectivity index (χ0v) is 8.46. The van der Waals surface area contributed by atoms with Gasteiger partial charge in [0.05, 0.1) is 11.3 Å². The maximum Gasteiger partial charge on any atom is 0.253 e. The molecule has 1 amide bonds. The molecule has 4 heteroatoms. The van der Waals surface area contributed by atoms with Crippen LogP contribution in [0.15, 0.2) is 12.3 Å². The Morgan fingerprint density at radius 2 is 2.42 bits per heavy atom. The molecule has 0 unspecified atom stereocenters. The topological polar surface area (TPSA) is 42.0 Å². The fourth-order valence-corrected chi connectivity index (χ4v) is 1.70. The zero-order valence-electron chi connectivity index (χ0n) is 6.30. The molecule has 0 aromatic carbocycles. The standard InChI is InChI=1S/C8H7IN2O/c9-5-3-6-7(11-4-5)1-2-10-8(6)12/h3-4H,1-2H2,(H,10,12). The van der Waals surface area contributed by atoms with E-state index in [1.807, 2.05) is 6.07 Å². The molecule has 0 bridgehead atoms. The van der Waals surface area contributed by atoms with Gasteiger partial charge in [-0.3, -0.25) is 9.78 Å². The largest absolute Gasteiger partial charge is 0.352 e. The van der Waals surface area contributed by atoms with Gasteiger partial charge in [-0.05, 0) is 28.7 Å². The number of nitrogens with zero attached hydrogens (tertiary/aromatic N) is 1.